The molecular weight excluding hydrogens is 374 g/mol. The summed E-state index contributed by atoms with van der Waals surface area (Å²) in [5.74, 6) is 0.915. The van der Waals surface area contributed by atoms with Crippen LogP contribution in [0.3, 0.4) is 0 Å². The molecule has 5 heteroatoms. The lowest BCUT2D eigenvalue weighted by Crippen LogP contribution is -2.27. The molecule has 0 fully saturated rings. The molecule has 0 aliphatic carbocycles. The van der Waals surface area contributed by atoms with Crippen LogP contribution in [0.25, 0.3) is 11.5 Å². The lowest BCUT2D eigenvalue weighted by Gasteiger charge is -2.18. The van der Waals surface area contributed by atoms with Crippen molar-refractivity contribution < 1.29 is 9.32 Å². The SMILES string of the molecule is O=C(Cc1noc(-c2ccccc2)n1)NCCC(c1ccccc1)c1ccccc1. The Morgan fingerprint density at radius 3 is 2.00 bits per heavy atom. The number of amides is 1. The Balaban J connectivity index is 1.35. The van der Waals surface area contributed by atoms with Crippen molar-refractivity contribution in [3.63, 3.8) is 0 Å². The van der Waals surface area contributed by atoms with Crippen LogP contribution in [-0.4, -0.2) is 22.6 Å². The van der Waals surface area contributed by atoms with Crippen molar-refractivity contribution in [3.8, 4) is 11.5 Å². The first-order valence-corrected chi connectivity index (χ1v) is 10.0. The molecule has 0 aliphatic rings. The summed E-state index contributed by atoms with van der Waals surface area (Å²) in [4.78, 5) is 16.7. The fourth-order valence-electron chi connectivity index (χ4n) is 3.48. The topological polar surface area (TPSA) is 68.0 Å². The number of rotatable bonds is 8. The Morgan fingerprint density at radius 1 is 0.833 bits per heavy atom. The van der Waals surface area contributed by atoms with Crippen LogP contribution in [0.15, 0.2) is 95.5 Å². The highest BCUT2D eigenvalue weighted by Gasteiger charge is 2.15. The summed E-state index contributed by atoms with van der Waals surface area (Å²) in [6.45, 7) is 0.566. The van der Waals surface area contributed by atoms with Gasteiger partial charge in [0.2, 0.25) is 5.91 Å². The lowest BCUT2D eigenvalue weighted by molar-refractivity contribution is -0.120. The van der Waals surface area contributed by atoms with Gasteiger partial charge in [-0.25, -0.2) is 0 Å². The van der Waals surface area contributed by atoms with E-state index in [0.29, 0.717) is 18.3 Å². The molecule has 0 saturated heterocycles. The van der Waals surface area contributed by atoms with Gasteiger partial charge in [-0.1, -0.05) is 84.0 Å². The van der Waals surface area contributed by atoms with Crippen LogP contribution in [0.5, 0.6) is 0 Å². The maximum absolute atomic E-state index is 12.4. The van der Waals surface area contributed by atoms with Gasteiger partial charge in [-0.3, -0.25) is 4.79 Å². The van der Waals surface area contributed by atoms with Crippen molar-refractivity contribution in [2.45, 2.75) is 18.8 Å². The van der Waals surface area contributed by atoms with Gasteiger partial charge < -0.3 is 9.84 Å². The zero-order chi connectivity index (χ0) is 20.6. The maximum atomic E-state index is 12.4. The van der Waals surface area contributed by atoms with Gasteiger partial charge in [-0.05, 0) is 29.7 Å². The van der Waals surface area contributed by atoms with Crippen molar-refractivity contribution in [1.82, 2.24) is 15.5 Å². The van der Waals surface area contributed by atoms with E-state index in [9.17, 15) is 4.79 Å². The molecule has 1 aromatic heterocycles. The highest BCUT2D eigenvalue weighted by Crippen LogP contribution is 2.27. The smallest absolute Gasteiger partial charge is 0.257 e. The second-order valence-corrected chi connectivity index (χ2v) is 7.07. The van der Waals surface area contributed by atoms with Gasteiger partial charge >= 0.3 is 0 Å². The van der Waals surface area contributed by atoms with Crippen LogP contribution in [0.4, 0.5) is 0 Å². The van der Waals surface area contributed by atoms with E-state index >= 15 is 0 Å². The molecule has 5 nitrogen and oxygen atoms in total. The third kappa shape index (κ3) is 5.00. The molecule has 1 heterocycles. The summed E-state index contributed by atoms with van der Waals surface area (Å²) in [5, 5.41) is 6.91. The number of carbonyl (C=O) groups is 1. The first kappa shape index (κ1) is 19.6. The first-order valence-electron chi connectivity index (χ1n) is 10.0. The Morgan fingerprint density at radius 2 is 1.40 bits per heavy atom. The number of hydrogen-bond donors (Lipinski definition) is 1. The van der Waals surface area contributed by atoms with E-state index in [-0.39, 0.29) is 18.2 Å². The third-order valence-electron chi connectivity index (χ3n) is 4.97. The number of nitrogens with one attached hydrogen (secondary N) is 1. The number of carbonyl (C=O) groups excluding carboxylic acids is 1. The Hall–Kier alpha value is -3.73. The molecule has 0 radical (unpaired) electrons. The number of nitrogens with zero attached hydrogens (tertiary/aromatic N) is 2. The average molecular weight is 397 g/mol. The van der Waals surface area contributed by atoms with Crippen molar-refractivity contribution in [2.24, 2.45) is 0 Å². The van der Waals surface area contributed by atoms with Crippen molar-refractivity contribution in [2.75, 3.05) is 6.54 Å². The molecule has 0 aliphatic heterocycles. The summed E-state index contributed by atoms with van der Waals surface area (Å²) in [7, 11) is 0. The zero-order valence-corrected chi connectivity index (χ0v) is 16.6. The summed E-state index contributed by atoms with van der Waals surface area (Å²) in [6.07, 6.45) is 0.902. The van der Waals surface area contributed by atoms with E-state index in [2.05, 4.69) is 39.7 Å². The fraction of sp³-hybridized carbons (Fsp3) is 0.160. The molecule has 0 atom stereocenters. The average Bonchev–Trinajstić information content (AvgIpc) is 3.27. The maximum Gasteiger partial charge on any atom is 0.257 e. The summed E-state index contributed by atoms with van der Waals surface area (Å²) >= 11 is 0. The summed E-state index contributed by atoms with van der Waals surface area (Å²) in [5.41, 5.74) is 3.32. The monoisotopic (exact) mass is 397 g/mol. The standard InChI is InChI=1S/C25H23N3O2/c29-24(18-23-27-25(30-28-23)21-14-8-3-9-15-21)26-17-16-22(19-10-4-1-5-11-19)20-12-6-2-7-13-20/h1-15,22H,16-18H2,(H,26,29). The molecule has 0 unspecified atom stereocenters. The van der Waals surface area contributed by atoms with Crippen molar-refractivity contribution in [3.05, 3.63) is 108 Å². The summed E-state index contributed by atoms with van der Waals surface area (Å²) < 4.78 is 5.27. The highest BCUT2D eigenvalue weighted by atomic mass is 16.5. The molecule has 4 aromatic rings. The highest BCUT2D eigenvalue weighted by molar-refractivity contribution is 5.77. The van der Waals surface area contributed by atoms with Crippen LogP contribution >= 0.6 is 0 Å². The molecule has 0 saturated carbocycles. The minimum Gasteiger partial charge on any atom is -0.356 e. The molecule has 4 rings (SSSR count). The van der Waals surface area contributed by atoms with Crippen LogP contribution < -0.4 is 5.32 Å². The number of aromatic nitrogens is 2. The molecule has 150 valence electrons. The summed E-state index contributed by atoms with van der Waals surface area (Å²) in [6, 6.07) is 30.3. The van der Waals surface area contributed by atoms with Gasteiger partial charge in [0.25, 0.3) is 5.89 Å². The second kappa shape index (κ2) is 9.65. The van der Waals surface area contributed by atoms with E-state index in [1.807, 2.05) is 66.7 Å². The second-order valence-electron chi connectivity index (χ2n) is 7.07. The van der Waals surface area contributed by atoms with E-state index in [0.717, 1.165) is 12.0 Å². The van der Waals surface area contributed by atoms with Gasteiger partial charge in [-0.2, -0.15) is 4.98 Å². The van der Waals surface area contributed by atoms with Crippen LogP contribution in [0.1, 0.15) is 29.3 Å². The van der Waals surface area contributed by atoms with Gasteiger partial charge in [0, 0.05) is 18.0 Å². The zero-order valence-electron chi connectivity index (χ0n) is 16.6. The minimum atomic E-state index is -0.115. The number of benzene rings is 3. The van der Waals surface area contributed by atoms with E-state index in [4.69, 9.17) is 4.52 Å². The fourth-order valence-corrected chi connectivity index (χ4v) is 3.48. The van der Waals surface area contributed by atoms with E-state index in [1.54, 1.807) is 0 Å². The van der Waals surface area contributed by atoms with Gasteiger partial charge in [0.1, 0.15) is 0 Å². The minimum absolute atomic E-state index is 0.0949. The predicted octanol–water partition coefficient (Wildman–Crippen LogP) is 4.62. The molecule has 30 heavy (non-hydrogen) atoms. The van der Waals surface area contributed by atoms with Gasteiger partial charge in [-0.15, -0.1) is 0 Å². The third-order valence-corrected chi connectivity index (χ3v) is 4.97. The predicted molar refractivity (Wildman–Crippen MR) is 116 cm³/mol. The van der Waals surface area contributed by atoms with Crippen LogP contribution in [0, 0.1) is 0 Å². The quantitative estimate of drug-likeness (QED) is 0.471. The molecule has 0 spiro atoms. The Labute approximate surface area is 175 Å². The Bertz CT molecular complexity index is 1020. The van der Waals surface area contributed by atoms with Crippen LogP contribution in [-0.2, 0) is 11.2 Å². The lowest BCUT2D eigenvalue weighted by atomic mass is 9.88. The molecule has 0 bridgehead atoms. The molecule has 1 amide bonds. The van der Waals surface area contributed by atoms with Gasteiger partial charge in [0.15, 0.2) is 5.82 Å². The van der Waals surface area contributed by atoms with Crippen molar-refractivity contribution >= 4 is 5.91 Å². The van der Waals surface area contributed by atoms with Gasteiger partial charge in [0.05, 0.1) is 6.42 Å². The van der Waals surface area contributed by atoms with E-state index < -0.39 is 0 Å². The molecule has 3 aromatic carbocycles. The molecular formula is C25H23N3O2. The van der Waals surface area contributed by atoms with E-state index in [1.165, 1.54) is 11.1 Å². The Kier molecular flexibility index (Phi) is 6.30. The van der Waals surface area contributed by atoms with Crippen molar-refractivity contribution in [1.29, 1.82) is 0 Å². The molecule has 1 N–H and O–H groups in total. The first-order chi connectivity index (χ1) is 14.8. The largest absolute Gasteiger partial charge is 0.356 e. The normalized spacial score (nSPS) is 10.8. The number of hydrogen-bond acceptors (Lipinski definition) is 4. The van der Waals surface area contributed by atoms with Crippen LogP contribution in [0.2, 0.25) is 0 Å².